The van der Waals surface area contributed by atoms with Gasteiger partial charge in [0.1, 0.15) is 11.9 Å². The minimum atomic E-state index is -0.309. The van der Waals surface area contributed by atoms with Crippen molar-refractivity contribution in [1.29, 1.82) is 0 Å². The molecule has 1 aliphatic heterocycles. The average molecular weight is 314 g/mol. The molecule has 1 N–H and O–H groups in total. The average Bonchev–Trinajstić information content (AvgIpc) is 2.82. The molecule has 0 spiro atoms. The predicted octanol–water partition coefficient (Wildman–Crippen LogP) is 2.45. The number of carbonyl (C=O) groups is 1. The molecule has 1 atom stereocenters. The van der Waals surface area contributed by atoms with Crippen LogP contribution in [0, 0.1) is 19.7 Å². The van der Waals surface area contributed by atoms with E-state index < -0.39 is 0 Å². The van der Waals surface area contributed by atoms with Crippen LogP contribution in [0.5, 0.6) is 0 Å². The van der Waals surface area contributed by atoms with Crippen molar-refractivity contribution in [2.75, 3.05) is 11.9 Å². The van der Waals surface area contributed by atoms with Crippen LogP contribution in [0.3, 0.4) is 0 Å². The molecule has 6 heteroatoms. The fraction of sp³-hybridized carbons (Fsp3) is 0.353. The molecule has 1 saturated heterocycles. The number of aromatic nitrogens is 2. The number of anilines is 1. The maximum atomic E-state index is 12.9. The van der Waals surface area contributed by atoms with Gasteiger partial charge in [-0.15, -0.1) is 0 Å². The third-order valence-corrected chi connectivity index (χ3v) is 3.87. The van der Waals surface area contributed by atoms with Crippen LogP contribution in [-0.2, 0) is 11.3 Å². The lowest BCUT2D eigenvalue weighted by Gasteiger charge is -2.17. The molecule has 1 aromatic heterocycles. The normalized spacial score (nSPS) is 17.6. The number of rotatable bonds is 4. The molecule has 1 aromatic carbocycles. The van der Waals surface area contributed by atoms with Crippen LogP contribution in [0.2, 0.25) is 0 Å². The summed E-state index contributed by atoms with van der Waals surface area (Å²) in [4.78, 5) is 22.9. The second-order valence-electron chi connectivity index (χ2n) is 5.85. The summed E-state index contributed by atoms with van der Waals surface area (Å²) in [5.74, 6) is 0.245. The second kappa shape index (κ2) is 6.32. The molecule has 0 aliphatic carbocycles. The van der Waals surface area contributed by atoms with Gasteiger partial charge in [-0.3, -0.25) is 4.79 Å². The molecule has 0 saturated carbocycles. The van der Waals surface area contributed by atoms with Crippen LogP contribution >= 0.6 is 0 Å². The number of hydrogen-bond donors (Lipinski definition) is 1. The highest BCUT2D eigenvalue weighted by atomic mass is 19.1. The largest absolute Gasteiger partial charge is 0.342 e. The Hall–Kier alpha value is -2.50. The monoisotopic (exact) mass is 314 g/mol. The molecular weight excluding hydrogens is 295 g/mol. The molecule has 2 heterocycles. The number of carbonyl (C=O) groups excluding carboxylic acids is 1. The molecule has 0 bridgehead atoms. The third-order valence-electron chi connectivity index (χ3n) is 3.87. The number of halogens is 1. The standard InChI is InChI=1S/C17H19FN4O/c1-11-9-12(2)20-17(19-11)21-15-7-8-22(16(15)23)10-13-3-5-14(18)6-4-13/h3-6,9,15H,7-8,10H2,1-2H3,(H,19,20,21). The van der Waals surface area contributed by atoms with Gasteiger partial charge in [-0.25, -0.2) is 14.4 Å². The number of nitrogens with one attached hydrogen (secondary N) is 1. The van der Waals surface area contributed by atoms with Crippen molar-refractivity contribution < 1.29 is 9.18 Å². The van der Waals surface area contributed by atoms with Gasteiger partial charge >= 0.3 is 0 Å². The summed E-state index contributed by atoms with van der Waals surface area (Å²) in [5, 5.41) is 3.12. The summed E-state index contributed by atoms with van der Waals surface area (Å²) in [5.41, 5.74) is 2.66. The number of aryl methyl sites for hydroxylation is 2. The van der Waals surface area contributed by atoms with Gasteiger partial charge in [-0.05, 0) is 44.0 Å². The number of benzene rings is 1. The van der Waals surface area contributed by atoms with Crippen LogP contribution in [0.4, 0.5) is 10.3 Å². The van der Waals surface area contributed by atoms with Gasteiger partial charge in [0.15, 0.2) is 0 Å². The maximum absolute atomic E-state index is 12.9. The van der Waals surface area contributed by atoms with Crippen molar-refractivity contribution in [2.45, 2.75) is 32.9 Å². The Morgan fingerprint density at radius 2 is 1.87 bits per heavy atom. The van der Waals surface area contributed by atoms with E-state index in [2.05, 4.69) is 15.3 Å². The molecule has 1 aliphatic rings. The number of likely N-dealkylation sites (tertiary alicyclic amines) is 1. The van der Waals surface area contributed by atoms with Crippen LogP contribution in [0.1, 0.15) is 23.4 Å². The Morgan fingerprint density at radius 3 is 2.52 bits per heavy atom. The highest BCUT2D eigenvalue weighted by Crippen LogP contribution is 2.18. The van der Waals surface area contributed by atoms with Gasteiger partial charge in [0.25, 0.3) is 0 Å². The topological polar surface area (TPSA) is 58.1 Å². The van der Waals surface area contributed by atoms with E-state index in [0.29, 0.717) is 25.5 Å². The van der Waals surface area contributed by atoms with Crippen molar-refractivity contribution in [1.82, 2.24) is 14.9 Å². The molecule has 23 heavy (non-hydrogen) atoms. The lowest BCUT2D eigenvalue weighted by molar-refractivity contribution is -0.128. The lowest BCUT2D eigenvalue weighted by atomic mass is 10.2. The number of nitrogens with zero attached hydrogens (tertiary/aromatic N) is 3. The van der Waals surface area contributed by atoms with Crippen LogP contribution in [-0.4, -0.2) is 33.4 Å². The zero-order valence-corrected chi connectivity index (χ0v) is 13.2. The Kier molecular flexibility index (Phi) is 4.23. The van der Waals surface area contributed by atoms with Crippen molar-refractivity contribution in [3.8, 4) is 0 Å². The molecule has 0 radical (unpaired) electrons. The van der Waals surface area contributed by atoms with Gasteiger partial charge in [0, 0.05) is 24.5 Å². The van der Waals surface area contributed by atoms with Gasteiger partial charge < -0.3 is 10.2 Å². The van der Waals surface area contributed by atoms with Crippen molar-refractivity contribution >= 4 is 11.9 Å². The van der Waals surface area contributed by atoms with Crippen molar-refractivity contribution in [3.05, 3.63) is 53.1 Å². The lowest BCUT2D eigenvalue weighted by Crippen LogP contribution is -2.33. The maximum Gasteiger partial charge on any atom is 0.245 e. The van der Waals surface area contributed by atoms with E-state index in [1.54, 1.807) is 17.0 Å². The SMILES string of the molecule is Cc1cc(C)nc(NC2CCN(Cc3ccc(F)cc3)C2=O)n1. The minimum Gasteiger partial charge on any atom is -0.342 e. The summed E-state index contributed by atoms with van der Waals surface area (Å²) in [6, 6.07) is 7.82. The first-order chi connectivity index (χ1) is 11.0. The van der Waals surface area contributed by atoms with E-state index in [-0.39, 0.29) is 17.8 Å². The Bertz CT molecular complexity index is 697. The molecule has 1 fully saturated rings. The van der Waals surface area contributed by atoms with Crippen LogP contribution in [0.15, 0.2) is 30.3 Å². The van der Waals surface area contributed by atoms with Gasteiger partial charge in [-0.1, -0.05) is 12.1 Å². The van der Waals surface area contributed by atoms with E-state index in [1.807, 2.05) is 19.9 Å². The van der Waals surface area contributed by atoms with E-state index >= 15 is 0 Å². The van der Waals surface area contributed by atoms with Gasteiger partial charge in [0.2, 0.25) is 11.9 Å². The van der Waals surface area contributed by atoms with Crippen molar-refractivity contribution in [3.63, 3.8) is 0 Å². The van der Waals surface area contributed by atoms with Crippen LogP contribution in [0.25, 0.3) is 0 Å². The molecule has 2 aromatic rings. The molecular formula is C17H19FN4O. The zero-order chi connectivity index (χ0) is 16.4. The number of hydrogen-bond acceptors (Lipinski definition) is 4. The van der Waals surface area contributed by atoms with Crippen molar-refractivity contribution in [2.24, 2.45) is 0 Å². The number of amides is 1. The second-order valence-corrected chi connectivity index (χ2v) is 5.85. The quantitative estimate of drug-likeness (QED) is 0.942. The summed E-state index contributed by atoms with van der Waals surface area (Å²) in [7, 11) is 0. The Balaban J connectivity index is 1.65. The van der Waals surface area contributed by atoms with E-state index in [1.165, 1.54) is 12.1 Å². The first-order valence-electron chi connectivity index (χ1n) is 7.63. The van der Waals surface area contributed by atoms with E-state index in [4.69, 9.17) is 0 Å². The van der Waals surface area contributed by atoms with Gasteiger partial charge in [-0.2, -0.15) is 0 Å². The zero-order valence-electron chi connectivity index (χ0n) is 13.2. The fourth-order valence-corrected chi connectivity index (χ4v) is 2.79. The molecule has 5 nitrogen and oxygen atoms in total. The Morgan fingerprint density at radius 1 is 1.22 bits per heavy atom. The smallest absolute Gasteiger partial charge is 0.245 e. The third kappa shape index (κ3) is 3.64. The van der Waals surface area contributed by atoms with E-state index in [0.717, 1.165) is 17.0 Å². The summed E-state index contributed by atoms with van der Waals surface area (Å²) < 4.78 is 12.9. The summed E-state index contributed by atoms with van der Waals surface area (Å²) >= 11 is 0. The molecule has 3 rings (SSSR count). The molecule has 1 amide bonds. The van der Waals surface area contributed by atoms with Crippen LogP contribution < -0.4 is 5.32 Å². The molecule has 1 unspecified atom stereocenters. The Labute approximate surface area is 134 Å². The summed E-state index contributed by atoms with van der Waals surface area (Å²) in [6.07, 6.45) is 0.705. The fourth-order valence-electron chi connectivity index (χ4n) is 2.79. The first kappa shape index (κ1) is 15.4. The minimum absolute atomic E-state index is 0.0251. The highest BCUT2D eigenvalue weighted by Gasteiger charge is 2.32. The first-order valence-corrected chi connectivity index (χ1v) is 7.63. The van der Waals surface area contributed by atoms with E-state index in [9.17, 15) is 9.18 Å². The van der Waals surface area contributed by atoms with Gasteiger partial charge in [0.05, 0.1) is 0 Å². The highest BCUT2D eigenvalue weighted by molar-refractivity contribution is 5.86. The summed E-state index contributed by atoms with van der Waals surface area (Å²) in [6.45, 7) is 4.96. The predicted molar refractivity (Wildman–Crippen MR) is 85.4 cm³/mol. The molecule has 120 valence electrons.